The molecule has 26 heavy (non-hydrogen) atoms. The Morgan fingerprint density at radius 2 is 1.96 bits per heavy atom. The number of amides is 1. The van der Waals surface area contributed by atoms with Gasteiger partial charge in [0, 0.05) is 18.0 Å². The number of carbonyl (C=O) groups is 1. The van der Waals surface area contributed by atoms with Crippen LogP contribution in [0.1, 0.15) is 19.4 Å². The van der Waals surface area contributed by atoms with Crippen LogP contribution in [0.2, 0.25) is 0 Å². The molecule has 134 valence electrons. The van der Waals surface area contributed by atoms with Crippen molar-refractivity contribution >= 4 is 5.91 Å². The summed E-state index contributed by atoms with van der Waals surface area (Å²) in [6.07, 6.45) is 1.50. The molecule has 1 aromatic heterocycles. The predicted molar refractivity (Wildman–Crippen MR) is 97.1 cm³/mol. The first-order valence-electron chi connectivity index (χ1n) is 8.33. The molecule has 1 heterocycles. The van der Waals surface area contributed by atoms with Gasteiger partial charge in [0.05, 0.1) is 5.69 Å². The van der Waals surface area contributed by atoms with Gasteiger partial charge in [-0.05, 0) is 28.1 Å². The van der Waals surface area contributed by atoms with Crippen molar-refractivity contribution in [2.45, 2.75) is 19.3 Å². The third-order valence-electron chi connectivity index (χ3n) is 4.08. The number of rotatable bonds is 7. The van der Waals surface area contributed by atoms with Crippen LogP contribution >= 0.6 is 0 Å². The van der Waals surface area contributed by atoms with Crippen molar-refractivity contribution in [2.75, 3.05) is 13.2 Å². The zero-order valence-electron chi connectivity index (χ0n) is 14.8. The van der Waals surface area contributed by atoms with Crippen molar-refractivity contribution in [3.63, 3.8) is 0 Å². The fourth-order valence-electron chi connectivity index (χ4n) is 2.51. The van der Waals surface area contributed by atoms with Crippen molar-refractivity contribution < 1.29 is 9.53 Å². The maximum atomic E-state index is 12.1. The van der Waals surface area contributed by atoms with Gasteiger partial charge in [-0.1, -0.05) is 50.2 Å². The van der Waals surface area contributed by atoms with Gasteiger partial charge in [0.25, 0.3) is 5.91 Å². The molecule has 1 amide bonds. The minimum absolute atomic E-state index is 0.0517. The second kappa shape index (κ2) is 7.77. The number of nitrogens with zero attached hydrogens (tertiary/aromatic N) is 4. The number of hydrogen-bond acceptors (Lipinski definition) is 5. The Morgan fingerprint density at radius 3 is 2.69 bits per heavy atom. The third-order valence-corrected chi connectivity index (χ3v) is 4.08. The summed E-state index contributed by atoms with van der Waals surface area (Å²) >= 11 is 0. The number of nitrogens with one attached hydrogen (secondary N) is 1. The van der Waals surface area contributed by atoms with E-state index in [0.717, 1.165) is 5.69 Å². The van der Waals surface area contributed by atoms with Gasteiger partial charge in [-0.25, -0.2) is 4.68 Å². The monoisotopic (exact) mass is 351 g/mol. The largest absolute Gasteiger partial charge is 0.484 e. The van der Waals surface area contributed by atoms with E-state index in [2.05, 4.69) is 46.8 Å². The molecule has 7 nitrogen and oxygen atoms in total. The summed E-state index contributed by atoms with van der Waals surface area (Å²) in [4.78, 5) is 12.1. The van der Waals surface area contributed by atoms with Crippen molar-refractivity contribution in [2.24, 2.45) is 0 Å². The molecule has 0 radical (unpaired) electrons. The summed E-state index contributed by atoms with van der Waals surface area (Å²) in [7, 11) is 0. The standard InChI is InChI=1S/C19H21N5O2/c1-19(2,15-7-4-3-5-8-15)13-20-18(25)12-26-17-10-6-9-16(11-17)24-14-21-22-23-24/h3-11,14H,12-13H2,1-2H3,(H,20,25). The molecule has 0 saturated carbocycles. The Kier molecular flexibility index (Phi) is 5.26. The van der Waals surface area contributed by atoms with Crippen LogP contribution in [0, 0.1) is 0 Å². The molecule has 3 rings (SSSR count). The lowest BCUT2D eigenvalue weighted by molar-refractivity contribution is -0.123. The molecule has 0 aliphatic rings. The van der Waals surface area contributed by atoms with Gasteiger partial charge in [-0.2, -0.15) is 0 Å². The molecule has 1 N–H and O–H groups in total. The molecule has 7 heteroatoms. The number of tetrazole rings is 1. The summed E-state index contributed by atoms with van der Waals surface area (Å²) < 4.78 is 7.11. The molecular formula is C19H21N5O2. The van der Waals surface area contributed by atoms with Gasteiger partial charge in [-0.3, -0.25) is 4.79 Å². The fraction of sp³-hybridized carbons (Fsp3) is 0.263. The van der Waals surface area contributed by atoms with Gasteiger partial charge in [0.1, 0.15) is 12.1 Å². The zero-order valence-corrected chi connectivity index (χ0v) is 14.8. The van der Waals surface area contributed by atoms with Crippen LogP contribution in [0.4, 0.5) is 0 Å². The van der Waals surface area contributed by atoms with Gasteiger partial charge < -0.3 is 10.1 Å². The Balaban J connectivity index is 1.52. The number of aromatic nitrogens is 4. The first-order valence-corrected chi connectivity index (χ1v) is 8.33. The molecule has 0 atom stereocenters. The highest BCUT2D eigenvalue weighted by Crippen LogP contribution is 2.21. The Labute approximate surface area is 152 Å². The average Bonchev–Trinajstić information content (AvgIpc) is 3.21. The van der Waals surface area contributed by atoms with Crippen LogP contribution in [-0.2, 0) is 10.2 Å². The van der Waals surface area contributed by atoms with Crippen LogP contribution < -0.4 is 10.1 Å². The lowest BCUT2D eigenvalue weighted by atomic mass is 9.84. The minimum atomic E-state index is -0.165. The number of carbonyl (C=O) groups excluding carboxylic acids is 1. The number of hydrogen-bond donors (Lipinski definition) is 1. The highest BCUT2D eigenvalue weighted by Gasteiger charge is 2.21. The fourth-order valence-corrected chi connectivity index (χ4v) is 2.51. The quantitative estimate of drug-likeness (QED) is 0.705. The Bertz CT molecular complexity index is 847. The van der Waals surface area contributed by atoms with Crippen LogP contribution in [0.15, 0.2) is 60.9 Å². The maximum absolute atomic E-state index is 12.1. The zero-order chi connectivity index (χ0) is 18.4. The van der Waals surface area contributed by atoms with Crippen LogP contribution in [0.25, 0.3) is 5.69 Å². The normalized spacial score (nSPS) is 11.2. The summed E-state index contributed by atoms with van der Waals surface area (Å²) in [6, 6.07) is 17.3. The number of ether oxygens (including phenoxy) is 1. The lowest BCUT2D eigenvalue weighted by Gasteiger charge is -2.25. The minimum Gasteiger partial charge on any atom is -0.484 e. The molecule has 0 saturated heterocycles. The van der Waals surface area contributed by atoms with Gasteiger partial charge in [-0.15, -0.1) is 5.10 Å². The molecule has 0 bridgehead atoms. The van der Waals surface area contributed by atoms with Crippen molar-refractivity contribution in [3.8, 4) is 11.4 Å². The maximum Gasteiger partial charge on any atom is 0.257 e. The van der Waals surface area contributed by atoms with Gasteiger partial charge in [0.15, 0.2) is 6.61 Å². The molecule has 0 unspecified atom stereocenters. The van der Waals surface area contributed by atoms with E-state index in [4.69, 9.17) is 4.74 Å². The van der Waals surface area contributed by atoms with E-state index < -0.39 is 0 Å². The molecule has 3 aromatic rings. The van der Waals surface area contributed by atoms with E-state index in [0.29, 0.717) is 12.3 Å². The highest BCUT2D eigenvalue weighted by atomic mass is 16.5. The predicted octanol–water partition coefficient (Wildman–Crippen LogP) is 2.14. The smallest absolute Gasteiger partial charge is 0.257 e. The van der Waals surface area contributed by atoms with E-state index >= 15 is 0 Å². The lowest BCUT2D eigenvalue weighted by Crippen LogP contribution is -2.38. The average molecular weight is 351 g/mol. The second-order valence-electron chi connectivity index (χ2n) is 6.57. The third kappa shape index (κ3) is 4.44. The van der Waals surface area contributed by atoms with Gasteiger partial charge in [0.2, 0.25) is 0 Å². The van der Waals surface area contributed by atoms with Crippen molar-refractivity contribution in [1.29, 1.82) is 0 Å². The molecule has 2 aromatic carbocycles. The Morgan fingerprint density at radius 1 is 1.15 bits per heavy atom. The van der Waals surface area contributed by atoms with Gasteiger partial charge >= 0.3 is 0 Å². The molecule has 0 aliphatic carbocycles. The Hall–Kier alpha value is -3.22. The van der Waals surface area contributed by atoms with E-state index in [1.807, 2.05) is 30.3 Å². The van der Waals surface area contributed by atoms with Crippen molar-refractivity contribution in [3.05, 3.63) is 66.5 Å². The van der Waals surface area contributed by atoms with E-state index in [9.17, 15) is 4.79 Å². The second-order valence-corrected chi connectivity index (χ2v) is 6.57. The topological polar surface area (TPSA) is 81.9 Å². The van der Waals surface area contributed by atoms with E-state index in [1.165, 1.54) is 16.6 Å². The molecular weight excluding hydrogens is 330 g/mol. The van der Waals surface area contributed by atoms with Crippen LogP contribution in [-0.4, -0.2) is 39.3 Å². The van der Waals surface area contributed by atoms with E-state index in [-0.39, 0.29) is 17.9 Å². The highest BCUT2D eigenvalue weighted by molar-refractivity contribution is 5.77. The molecule has 0 aliphatic heterocycles. The summed E-state index contributed by atoms with van der Waals surface area (Å²) in [6.45, 7) is 4.67. The number of benzene rings is 2. The first-order chi connectivity index (χ1) is 12.5. The SMILES string of the molecule is CC(C)(CNC(=O)COc1cccc(-n2cnnn2)c1)c1ccccc1. The molecule has 0 fully saturated rings. The van der Waals surface area contributed by atoms with Crippen LogP contribution in [0.5, 0.6) is 5.75 Å². The van der Waals surface area contributed by atoms with E-state index in [1.54, 1.807) is 12.1 Å². The van der Waals surface area contributed by atoms with Crippen molar-refractivity contribution in [1.82, 2.24) is 25.5 Å². The summed E-state index contributed by atoms with van der Waals surface area (Å²) in [5, 5.41) is 14.0. The first kappa shape index (κ1) is 17.6. The summed E-state index contributed by atoms with van der Waals surface area (Å²) in [5.74, 6) is 0.414. The molecule has 0 spiro atoms. The summed E-state index contributed by atoms with van der Waals surface area (Å²) in [5.41, 5.74) is 1.78. The van der Waals surface area contributed by atoms with Crippen LogP contribution in [0.3, 0.4) is 0 Å².